The Balaban J connectivity index is 1.48. The van der Waals surface area contributed by atoms with Crippen molar-refractivity contribution in [2.75, 3.05) is 5.32 Å². The van der Waals surface area contributed by atoms with Gasteiger partial charge in [0.15, 0.2) is 5.58 Å². The van der Waals surface area contributed by atoms with Crippen molar-refractivity contribution in [3.05, 3.63) is 76.0 Å². The molecule has 0 bridgehead atoms. The highest BCUT2D eigenvalue weighted by Gasteiger charge is 2.09. The predicted molar refractivity (Wildman–Crippen MR) is 111 cm³/mol. The van der Waals surface area contributed by atoms with E-state index in [0.29, 0.717) is 38.6 Å². The van der Waals surface area contributed by atoms with Crippen LogP contribution < -0.4 is 15.8 Å². The molecule has 2 heterocycles. The number of pyridine rings is 1. The smallest absolute Gasteiger partial charge is 0.300 e. The van der Waals surface area contributed by atoms with Gasteiger partial charge in [0, 0.05) is 18.0 Å². The van der Waals surface area contributed by atoms with Crippen LogP contribution in [-0.4, -0.2) is 15.9 Å². The highest BCUT2D eigenvalue weighted by molar-refractivity contribution is 6.42. The lowest BCUT2D eigenvalue weighted by Crippen LogP contribution is -2.13. The zero-order valence-electron chi connectivity index (χ0n) is 14.9. The molecule has 7 nitrogen and oxygen atoms in total. The van der Waals surface area contributed by atoms with E-state index in [0.717, 1.165) is 5.56 Å². The molecule has 0 spiro atoms. The fourth-order valence-corrected chi connectivity index (χ4v) is 2.91. The summed E-state index contributed by atoms with van der Waals surface area (Å²) in [4.78, 5) is 19.5. The fourth-order valence-electron chi connectivity index (χ4n) is 2.61. The van der Waals surface area contributed by atoms with Crippen molar-refractivity contribution in [3.63, 3.8) is 0 Å². The third-order valence-corrected chi connectivity index (χ3v) is 4.75. The molecule has 4 rings (SSSR count). The van der Waals surface area contributed by atoms with Gasteiger partial charge in [-0.1, -0.05) is 23.2 Å². The van der Waals surface area contributed by atoms with E-state index in [1.54, 1.807) is 48.5 Å². The normalized spacial score (nSPS) is 10.8. The number of nitrogens with two attached hydrogens (primary N) is 1. The SMILES string of the molecule is NC(=O)c1cc(COc2ccc3oc(Nc4ccc(Cl)c(Cl)c4)nc3c2)ccn1. The van der Waals surface area contributed by atoms with Gasteiger partial charge in [-0.05, 0) is 48.0 Å². The number of carbonyl (C=O) groups is 1. The number of carbonyl (C=O) groups excluding carboxylic acids is 1. The van der Waals surface area contributed by atoms with E-state index in [4.69, 9.17) is 38.1 Å². The predicted octanol–water partition coefficient (Wildman–Crippen LogP) is 4.95. The molecule has 0 fully saturated rings. The Morgan fingerprint density at radius 3 is 2.76 bits per heavy atom. The van der Waals surface area contributed by atoms with Crippen LogP contribution in [0.3, 0.4) is 0 Å². The van der Waals surface area contributed by atoms with E-state index < -0.39 is 5.91 Å². The van der Waals surface area contributed by atoms with Gasteiger partial charge in [-0.2, -0.15) is 4.98 Å². The van der Waals surface area contributed by atoms with E-state index in [9.17, 15) is 4.79 Å². The van der Waals surface area contributed by atoms with Gasteiger partial charge in [0.25, 0.3) is 11.9 Å². The molecular formula is C20H14Cl2N4O3. The van der Waals surface area contributed by atoms with Crippen molar-refractivity contribution < 1.29 is 13.9 Å². The number of halogens is 2. The summed E-state index contributed by atoms with van der Waals surface area (Å²) < 4.78 is 11.5. The summed E-state index contributed by atoms with van der Waals surface area (Å²) in [6.45, 7) is 0.251. The zero-order valence-corrected chi connectivity index (χ0v) is 16.4. The molecule has 0 atom stereocenters. The second-order valence-electron chi connectivity index (χ2n) is 6.10. The number of benzene rings is 2. The van der Waals surface area contributed by atoms with Gasteiger partial charge in [-0.15, -0.1) is 0 Å². The molecule has 0 aliphatic rings. The van der Waals surface area contributed by atoms with E-state index in [1.807, 2.05) is 0 Å². The summed E-state index contributed by atoms with van der Waals surface area (Å²) in [5.41, 5.74) is 8.13. The van der Waals surface area contributed by atoms with Crippen LogP contribution in [0.2, 0.25) is 10.0 Å². The number of anilines is 2. The van der Waals surface area contributed by atoms with Crippen molar-refractivity contribution in [2.24, 2.45) is 5.73 Å². The summed E-state index contributed by atoms with van der Waals surface area (Å²) in [6.07, 6.45) is 1.51. The van der Waals surface area contributed by atoms with Crippen molar-refractivity contribution in [1.29, 1.82) is 0 Å². The Hall–Kier alpha value is -3.29. The summed E-state index contributed by atoms with van der Waals surface area (Å²) in [5, 5.41) is 3.94. The highest BCUT2D eigenvalue weighted by atomic mass is 35.5. The molecule has 0 radical (unpaired) electrons. The number of nitrogens with one attached hydrogen (secondary N) is 1. The minimum atomic E-state index is -0.585. The van der Waals surface area contributed by atoms with Crippen molar-refractivity contribution in [2.45, 2.75) is 6.61 Å². The number of fused-ring (bicyclic) bond motifs is 1. The van der Waals surface area contributed by atoms with Gasteiger partial charge in [0.05, 0.1) is 10.0 Å². The largest absolute Gasteiger partial charge is 0.489 e. The molecular weight excluding hydrogens is 415 g/mol. The number of amides is 1. The van der Waals surface area contributed by atoms with Crippen LogP contribution in [0.15, 0.2) is 59.1 Å². The summed E-state index contributed by atoms with van der Waals surface area (Å²) in [7, 11) is 0. The first kappa shape index (κ1) is 19.0. The Morgan fingerprint density at radius 2 is 1.97 bits per heavy atom. The second-order valence-corrected chi connectivity index (χ2v) is 6.92. The fraction of sp³-hybridized carbons (Fsp3) is 0.0500. The summed E-state index contributed by atoms with van der Waals surface area (Å²) in [5.74, 6) is 0.0159. The number of primary amides is 1. The van der Waals surface area contributed by atoms with Crippen LogP contribution in [0.4, 0.5) is 11.7 Å². The molecule has 146 valence electrons. The Morgan fingerprint density at radius 1 is 1.10 bits per heavy atom. The van der Waals surface area contributed by atoms with Crippen molar-refractivity contribution in [3.8, 4) is 5.75 Å². The Labute approximate surface area is 175 Å². The lowest BCUT2D eigenvalue weighted by molar-refractivity contribution is 0.0995. The Bertz CT molecular complexity index is 1210. The van der Waals surface area contributed by atoms with Gasteiger partial charge in [0.2, 0.25) is 0 Å². The summed E-state index contributed by atoms with van der Waals surface area (Å²) in [6, 6.07) is 14.1. The molecule has 29 heavy (non-hydrogen) atoms. The second kappa shape index (κ2) is 7.98. The lowest BCUT2D eigenvalue weighted by atomic mass is 10.2. The molecule has 9 heteroatoms. The minimum absolute atomic E-state index is 0.191. The molecule has 0 saturated heterocycles. The molecule has 3 N–H and O–H groups in total. The molecule has 0 aliphatic heterocycles. The maximum Gasteiger partial charge on any atom is 0.300 e. The average molecular weight is 429 g/mol. The van der Waals surface area contributed by atoms with Gasteiger partial charge >= 0.3 is 0 Å². The first-order valence-electron chi connectivity index (χ1n) is 8.48. The molecule has 2 aromatic heterocycles. The number of ether oxygens (including phenoxy) is 1. The van der Waals surface area contributed by atoms with E-state index in [2.05, 4.69) is 15.3 Å². The molecule has 1 amide bonds. The highest BCUT2D eigenvalue weighted by Crippen LogP contribution is 2.29. The number of hydrogen-bond acceptors (Lipinski definition) is 6. The van der Waals surface area contributed by atoms with Crippen LogP contribution in [0.25, 0.3) is 11.1 Å². The number of hydrogen-bond donors (Lipinski definition) is 2. The van der Waals surface area contributed by atoms with Crippen molar-refractivity contribution in [1.82, 2.24) is 9.97 Å². The molecule has 0 unspecified atom stereocenters. The van der Waals surface area contributed by atoms with Crippen LogP contribution in [0, 0.1) is 0 Å². The van der Waals surface area contributed by atoms with Gasteiger partial charge in [-0.3, -0.25) is 9.78 Å². The van der Waals surface area contributed by atoms with Crippen LogP contribution in [0.5, 0.6) is 5.75 Å². The monoisotopic (exact) mass is 428 g/mol. The quantitative estimate of drug-likeness (QED) is 0.450. The number of aromatic nitrogens is 2. The number of nitrogens with zero attached hydrogens (tertiary/aromatic N) is 2. The zero-order chi connectivity index (χ0) is 20.4. The molecule has 0 aliphatic carbocycles. The van der Waals surface area contributed by atoms with Gasteiger partial charge in [-0.25, -0.2) is 0 Å². The Kier molecular flexibility index (Phi) is 5.24. The maximum absolute atomic E-state index is 11.2. The first-order chi connectivity index (χ1) is 14.0. The molecule has 4 aromatic rings. The third-order valence-electron chi connectivity index (χ3n) is 4.01. The van der Waals surface area contributed by atoms with Crippen molar-refractivity contribution >= 4 is 51.9 Å². The van der Waals surface area contributed by atoms with Crippen LogP contribution >= 0.6 is 23.2 Å². The molecule has 2 aromatic carbocycles. The lowest BCUT2D eigenvalue weighted by Gasteiger charge is -2.06. The van der Waals surface area contributed by atoms with E-state index in [-0.39, 0.29) is 12.3 Å². The first-order valence-corrected chi connectivity index (χ1v) is 9.24. The third kappa shape index (κ3) is 4.42. The number of oxazole rings is 1. The van der Waals surface area contributed by atoms with Gasteiger partial charge in [0.1, 0.15) is 23.6 Å². The van der Waals surface area contributed by atoms with Crippen LogP contribution in [0.1, 0.15) is 16.1 Å². The molecule has 0 saturated carbocycles. The maximum atomic E-state index is 11.2. The summed E-state index contributed by atoms with van der Waals surface area (Å²) >= 11 is 11.9. The van der Waals surface area contributed by atoms with E-state index in [1.165, 1.54) is 6.20 Å². The standard InChI is InChI=1S/C20H14Cl2N4O3/c21-14-3-1-12(8-15(14)22)25-20-26-16-9-13(2-4-18(16)29-20)28-10-11-5-6-24-17(7-11)19(23)27/h1-9H,10H2,(H2,23,27)(H,25,26). The van der Waals surface area contributed by atoms with E-state index >= 15 is 0 Å². The minimum Gasteiger partial charge on any atom is -0.489 e. The van der Waals surface area contributed by atoms with Crippen LogP contribution in [-0.2, 0) is 6.61 Å². The number of rotatable bonds is 6. The van der Waals surface area contributed by atoms with Gasteiger partial charge < -0.3 is 20.2 Å². The average Bonchev–Trinajstić information content (AvgIpc) is 3.11. The topological polar surface area (TPSA) is 103 Å².